The maximum absolute atomic E-state index is 13.6. The zero-order valence-electron chi connectivity index (χ0n) is 21.4. The molecule has 184 valence electrons. The van der Waals surface area contributed by atoms with Gasteiger partial charge in [0.2, 0.25) is 5.91 Å². The van der Waals surface area contributed by atoms with E-state index in [2.05, 4.69) is 73.3 Å². The molecule has 0 saturated carbocycles. The van der Waals surface area contributed by atoms with Crippen molar-refractivity contribution in [2.75, 3.05) is 5.32 Å². The van der Waals surface area contributed by atoms with Crippen LogP contribution in [0.3, 0.4) is 0 Å². The summed E-state index contributed by atoms with van der Waals surface area (Å²) in [6.07, 6.45) is 5.41. The van der Waals surface area contributed by atoms with Gasteiger partial charge in [0.05, 0.1) is 0 Å². The van der Waals surface area contributed by atoms with Crippen molar-refractivity contribution >= 4 is 24.0 Å². The molecule has 0 unspecified atom stereocenters. The molecule has 0 aromatic heterocycles. The fourth-order valence-corrected chi connectivity index (χ4v) is 5.18. The van der Waals surface area contributed by atoms with E-state index >= 15 is 0 Å². The third-order valence-corrected chi connectivity index (χ3v) is 7.11. The van der Waals surface area contributed by atoms with Gasteiger partial charge in [0.15, 0.2) is 5.66 Å². The molecule has 3 aromatic carbocycles. The number of carbonyl (C=O) groups excluding carboxylic acids is 1. The predicted molar refractivity (Wildman–Crippen MR) is 147 cm³/mol. The van der Waals surface area contributed by atoms with Crippen LogP contribution in [0.1, 0.15) is 68.7 Å². The van der Waals surface area contributed by atoms with Crippen LogP contribution >= 0.6 is 0 Å². The number of hydrogen-bond acceptors (Lipinski definition) is 4. The van der Waals surface area contributed by atoms with E-state index in [-0.39, 0.29) is 17.2 Å². The van der Waals surface area contributed by atoms with Crippen molar-refractivity contribution in [3.63, 3.8) is 0 Å². The average Bonchev–Trinajstić information content (AvgIpc) is 3.32. The van der Waals surface area contributed by atoms with Gasteiger partial charge in [-0.1, -0.05) is 76.2 Å². The minimum atomic E-state index is -0.444. The summed E-state index contributed by atoms with van der Waals surface area (Å²) < 4.78 is 6.12. The number of hydrogen-bond donors (Lipinski definition) is 1. The van der Waals surface area contributed by atoms with E-state index in [1.807, 2.05) is 36.4 Å². The van der Waals surface area contributed by atoms with Crippen LogP contribution < -0.4 is 10.1 Å². The number of nitrogens with zero attached hydrogens (tertiary/aromatic N) is 2. The summed E-state index contributed by atoms with van der Waals surface area (Å²) in [4.78, 5) is 22.8. The van der Waals surface area contributed by atoms with Crippen molar-refractivity contribution < 1.29 is 9.53 Å². The Hall–Kier alpha value is -3.73. The van der Waals surface area contributed by atoms with Gasteiger partial charge in [0.25, 0.3) is 0 Å². The van der Waals surface area contributed by atoms with Crippen LogP contribution in [0.25, 0.3) is 0 Å². The zero-order chi connectivity index (χ0) is 25.3. The number of nitrogens with one attached hydrogen (secondary N) is 1. The lowest BCUT2D eigenvalue weighted by atomic mass is 9.83. The second-order valence-electron chi connectivity index (χ2n) is 10.7. The van der Waals surface area contributed by atoms with E-state index in [1.165, 1.54) is 0 Å². The van der Waals surface area contributed by atoms with Crippen molar-refractivity contribution in [3.05, 3.63) is 89.0 Å². The monoisotopic (exact) mass is 479 g/mol. The average molecular weight is 480 g/mol. The van der Waals surface area contributed by atoms with Crippen molar-refractivity contribution in [3.8, 4) is 11.5 Å². The third-order valence-electron chi connectivity index (χ3n) is 7.11. The quantitative estimate of drug-likeness (QED) is 0.411. The highest BCUT2D eigenvalue weighted by molar-refractivity contribution is 6.17. The fourth-order valence-electron chi connectivity index (χ4n) is 5.18. The molecule has 0 radical (unpaired) electrons. The summed E-state index contributed by atoms with van der Waals surface area (Å²) >= 11 is 0. The van der Waals surface area contributed by atoms with Crippen LogP contribution in [0.5, 0.6) is 11.5 Å². The van der Waals surface area contributed by atoms with Crippen molar-refractivity contribution in [2.45, 2.75) is 64.0 Å². The lowest BCUT2D eigenvalue weighted by Gasteiger charge is -2.29. The highest BCUT2D eigenvalue weighted by atomic mass is 16.5. The second kappa shape index (κ2) is 9.38. The van der Waals surface area contributed by atoms with Gasteiger partial charge in [-0.2, -0.15) is 0 Å². The lowest BCUT2D eigenvalue weighted by molar-refractivity contribution is -0.116. The Balaban J connectivity index is 1.44. The van der Waals surface area contributed by atoms with Gasteiger partial charge in [0, 0.05) is 48.0 Å². The Morgan fingerprint density at radius 2 is 1.56 bits per heavy atom. The van der Waals surface area contributed by atoms with E-state index in [1.54, 1.807) is 12.4 Å². The van der Waals surface area contributed by atoms with Gasteiger partial charge in [-0.15, -0.1) is 0 Å². The van der Waals surface area contributed by atoms with Crippen molar-refractivity contribution in [2.24, 2.45) is 9.98 Å². The molecule has 1 amide bonds. The second-order valence-corrected chi connectivity index (χ2v) is 10.7. The molecule has 0 spiro atoms. The molecule has 36 heavy (non-hydrogen) atoms. The standard InChI is InChI=1S/C31H33N3O2/c1-5-31(32-16-17-33-31)20-21-14-15-25(30(2,3)4)26(18-21)34-29(35)19-24-22-10-6-8-12-27(22)36-28-13-9-7-11-23(24)28/h6-18,24H,5,19-20H2,1-4H3,(H,34,35). The van der Waals surface area contributed by atoms with E-state index in [0.717, 1.165) is 45.9 Å². The van der Waals surface area contributed by atoms with Crippen LogP contribution in [0.2, 0.25) is 0 Å². The number of fused-ring (bicyclic) bond motifs is 2. The maximum atomic E-state index is 13.6. The fraction of sp³-hybridized carbons (Fsp3) is 0.323. The minimum Gasteiger partial charge on any atom is -0.457 e. The Bertz CT molecular complexity index is 1290. The van der Waals surface area contributed by atoms with Gasteiger partial charge in [-0.25, -0.2) is 0 Å². The molecular weight excluding hydrogens is 446 g/mol. The van der Waals surface area contributed by atoms with E-state index in [9.17, 15) is 4.79 Å². The van der Waals surface area contributed by atoms with Gasteiger partial charge >= 0.3 is 0 Å². The highest BCUT2D eigenvalue weighted by Crippen LogP contribution is 2.45. The first-order valence-corrected chi connectivity index (χ1v) is 12.7. The molecule has 5 nitrogen and oxygen atoms in total. The molecular formula is C31H33N3O2. The first-order chi connectivity index (χ1) is 17.3. The minimum absolute atomic E-state index is 0.0173. The number of carbonyl (C=O) groups is 1. The summed E-state index contributed by atoms with van der Waals surface area (Å²) in [5, 5.41) is 3.27. The Morgan fingerprint density at radius 1 is 0.944 bits per heavy atom. The normalized spacial score (nSPS) is 15.8. The maximum Gasteiger partial charge on any atom is 0.225 e. The highest BCUT2D eigenvalue weighted by Gasteiger charge is 2.31. The smallest absolute Gasteiger partial charge is 0.225 e. The van der Waals surface area contributed by atoms with Gasteiger partial charge in [-0.3, -0.25) is 14.8 Å². The zero-order valence-corrected chi connectivity index (χ0v) is 21.4. The molecule has 0 atom stereocenters. The van der Waals surface area contributed by atoms with Gasteiger partial charge in [0.1, 0.15) is 11.5 Å². The molecule has 0 saturated heterocycles. The molecule has 3 aromatic rings. The Morgan fingerprint density at radius 3 is 2.14 bits per heavy atom. The molecule has 5 heteroatoms. The van der Waals surface area contributed by atoms with Gasteiger partial charge in [-0.05, 0) is 41.2 Å². The number of benzene rings is 3. The number of para-hydroxylation sites is 2. The molecule has 0 aliphatic carbocycles. The molecule has 0 bridgehead atoms. The lowest BCUT2D eigenvalue weighted by Crippen LogP contribution is -2.25. The summed E-state index contributed by atoms with van der Waals surface area (Å²) in [7, 11) is 0. The number of anilines is 1. The van der Waals surface area contributed by atoms with E-state index in [4.69, 9.17) is 4.74 Å². The van der Waals surface area contributed by atoms with Gasteiger partial charge < -0.3 is 10.1 Å². The molecule has 2 heterocycles. The first kappa shape index (κ1) is 24.0. The molecule has 1 N–H and O–H groups in total. The largest absolute Gasteiger partial charge is 0.457 e. The Labute approximate surface area is 213 Å². The topological polar surface area (TPSA) is 63.0 Å². The summed E-state index contributed by atoms with van der Waals surface area (Å²) in [5.41, 5.74) is 4.59. The van der Waals surface area contributed by atoms with Crippen LogP contribution in [0.4, 0.5) is 5.69 Å². The summed E-state index contributed by atoms with van der Waals surface area (Å²) in [5.74, 6) is 1.54. The van der Waals surface area contributed by atoms with Crippen LogP contribution in [0.15, 0.2) is 76.7 Å². The van der Waals surface area contributed by atoms with Crippen LogP contribution in [-0.2, 0) is 16.6 Å². The molecule has 2 aliphatic rings. The number of rotatable bonds is 6. The third kappa shape index (κ3) is 4.70. The predicted octanol–water partition coefficient (Wildman–Crippen LogP) is 7.05. The number of ether oxygens (including phenoxy) is 1. The number of amides is 1. The molecule has 2 aliphatic heterocycles. The Kier molecular flexibility index (Phi) is 6.25. The summed E-state index contributed by atoms with van der Waals surface area (Å²) in [6, 6.07) is 22.3. The summed E-state index contributed by atoms with van der Waals surface area (Å²) in [6.45, 7) is 8.61. The van der Waals surface area contributed by atoms with Crippen LogP contribution in [0, 0.1) is 0 Å². The SMILES string of the molecule is CCC1(Cc2ccc(C(C)(C)C)c(NC(=O)CC3c4ccccc4Oc4ccccc43)c2)N=CC=N1. The van der Waals surface area contributed by atoms with E-state index in [0.29, 0.717) is 12.8 Å². The van der Waals surface area contributed by atoms with Crippen molar-refractivity contribution in [1.82, 2.24) is 0 Å². The van der Waals surface area contributed by atoms with E-state index < -0.39 is 5.66 Å². The van der Waals surface area contributed by atoms with Crippen molar-refractivity contribution in [1.29, 1.82) is 0 Å². The molecule has 5 rings (SSSR count). The number of aliphatic imine (C=N–C) groups is 2. The molecule has 0 fully saturated rings. The first-order valence-electron chi connectivity index (χ1n) is 12.7. The van der Waals surface area contributed by atoms with Crippen LogP contribution in [-0.4, -0.2) is 24.0 Å².